The van der Waals surface area contributed by atoms with Crippen LogP contribution in [-0.2, 0) is 0 Å². The number of hydrogen-bond acceptors (Lipinski definition) is 0. The van der Waals surface area contributed by atoms with Crippen molar-refractivity contribution in [2.75, 3.05) is 0 Å². The van der Waals surface area contributed by atoms with Crippen molar-refractivity contribution in [1.29, 1.82) is 0 Å². The van der Waals surface area contributed by atoms with E-state index in [2.05, 4.69) is 53.7 Å². The summed E-state index contributed by atoms with van der Waals surface area (Å²) in [5, 5.41) is 0. The third kappa shape index (κ3) is 4.23. The van der Waals surface area contributed by atoms with E-state index in [4.69, 9.17) is 0 Å². The summed E-state index contributed by atoms with van der Waals surface area (Å²) in [6.45, 7) is 14.3. The predicted octanol–water partition coefficient (Wildman–Crippen LogP) is 7.10. The number of allylic oxidation sites excluding steroid dienone is 2. The molecule has 0 aromatic rings. The third-order valence-corrected chi connectivity index (χ3v) is 7.14. The van der Waals surface area contributed by atoms with Crippen LogP contribution in [0.5, 0.6) is 0 Å². The molecule has 132 valence electrons. The number of rotatable bonds is 1. The fourth-order valence-electron chi connectivity index (χ4n) is 6.22. The summed E-state index contributed by atoms with van der Waals surface area (Å²) >= 11 is 0. The fourth-order valence-corrected chi connectivity index (χ4v) is 6.22. The summed E-state index contributed by atoms with van der Waals surface area (Å²) in [6.07, 6.45) is 15.4. The lowest BCUT2D eigenvalue weighted by atomic mass is 9.72. The van der Waals surface area contributed by atoms with Crippen LogP contribution in [0.2, 0.25) is 0 Å². The smallest absolute Gasteiger partial charge is 0.0199 e. The van der Waals surface area contributed by atoms with Crippen molar-refractivity contribution >= 4 is 0 Å². The summed E-state index contributed by atoms with van der Waals surface area (Å²) < 4.78 is 0. The van der Waals surface area contributed by atoms with Gasteiger partial charge in [-0.1, -0.05) is 60.1 Å². The minimum Gasteiger partial charge on any atom is -0.0851 e. The highest BCUT2D eigenvalue weighted by atomic mass is 14.5. The maximum atomic E-state index is 2.46. The van der Waals surface area contributed by atoms with Gasteiger partial charge in [-0.3, -0.25) is 0 Å². The van der Waals surface area contributed by atoms with Crippen molar-refractivity contribution in [1.82, 2.24) is 0 Å². The lowest BCUT2D eigenvalue weighted by Crippen LogP contribution is -2.25. The molecule has 0 aromatic carbocycles. The molecule has 0 aromatic heterocycles. The Morgan fingerprint density at radius 3 is 1.91 bits per heavy atom. The molecule has 6 unspecified atom stereocenters. The first-order chi connectivity index (χ1) is 10.6. The van der Waals surface area contributed by atoms with Gasteiger partial charge in [-0.2, -0.15) is 0 Å². The molecule has 0 heteroatoms. The van der Waals surface area contributed by atoms with Gasteiger partial charge in [0.15, 0.2) is 0 Å². The van der Waals surface area contributed by atoms with Crippen LogP contribution < -0.4 is 0 Å². The molecule has 0 saturated heterocycles. The second-order valence-corrected chi connectivity index (χ2v) is 11.5. The SMILES string of the molecule is CC(C)(C)C1CC2CCC1C2.CC(C)(C)CC1CC2C=CC1C2. The Kier molecular flexibility index (Phi) is 4.76. The topological polar surface area (TPSA) is 0 Å². The van der Waals surface area contributed by atoms with E-state index >= 15 is 0 Å². The Balaban J connectivity index is 0.000000136. The fraction of sp³-hybridized carbons (Fsp3) is 0.913. The number of fused-ring (bicyclic) bond motifs is 4. The maximum Gasteiger partial charge on any atom is -0.0199 e. The molecule has 0 N–H and O–H groups in total. The Hall–Kier alpha value is -0.260. The lowest BCUT2D eigenvalue weighted by Gasteiger charge is -2.34. The maximum absolute atomic E-state index is 2.46. The van der Waals surface area contributed by atoms with Crippen molar-refractivity contribution in [2.24, 2.45) is 46.3 Å². The Labute approximate surface area is 145 Å². The van der Waals surface area contributed by atoms with Gasteiger partial charge in [-0.15, -0.1) is 0 Å². The molecule has 4 aliphatic carbocycles. The van der Waals surface area contributed by atoms with Crippen molar-refractivity contribution in [3.8, 4) is 0 Å². The van der Waals surface area contributed by atoms with E-state index in [1.165, 1.54) is 38.5 Å². The molecule has 0 radical (unpaired) electrons. The Morgan fingerprint density at radius 2 is 1.57 bits per heavy atom. The quantitative estimate of drug-likeness (QED) is 0.452. The van der Waals surface area contributed by atoms with Crippen LogP contribution in [0.1, 0.15) is 86.5 Å². The third-order valence-electron chi connectivity index (χ3n) is 7.14. The largest absolute Gasteiger partial charge is 0.0851 e. The van der Waals surface area contributed by atoms with E-state index in [9.17, 15) is 0 Å². The highest BCUT2D eigenvalue weighted by molar-refractivity contribution is 5.10. The van der Waals surface area contributed by atoms with Gasteiger partial charge in [0.25, 0.3) is 0 Å². The average Bonchev–Trinajstić information content (AvgIpc) is 3.17. The van der Waals surface area contributed by atoms with Gasteiger partial charge in [0.05, 0.1) is 0 Å². The molecule has 3 saturated carbocycles. The first kappa shape index (κ1) is 17.6. The van der Waals surface area contributed by atoms with E-state index in [-0.39, 0.29) is 0 Å². The zero-order valence-corrected chi connectivity index (χ0v) is 16.6. The summed E-state index contributed by atoms with van der Waals surface area (Å²) in [5.74, 6) is 6.14. The molecule has 0 spiro atoms. The molecule has 0 aliphatic heterocycles. The minimum atomic E-state index is 0.531. The Bertz CT molecular complexity index is 430. The highest BCUT2D eigenvalue weighted by Crippen LogP contribution is 2.54. The molecule has 23 heavy (non-hydrogen) atoms. The van der Waals surface area contributed by atoms with Gasteiger partial charge in [0, 0.05) is 0 Å². The van der Waals surface area contributed by atoms with Crippen LogP contribution in [0, 0.1) is 46.3 Å². The van der Waals surface area contributed by atoms with Crippen LogP contribution in [0.4, 0.5) is 0 Å². The molecule has 0 amide bonds. The second-order valence-electron chi connectivity index (χ2n) is 11.5. The first-order valence-electron chi connectivity index (χ1n) is 10.3. The lowest BCUT2D eigenvalue weighted by molar-refractivity contribution is 0.161. The van der Waals surface area contributed by atoms with Gasteiger partial charge < -0.3 is 0 Å². The van der Waals surface area contributed by atoms with E-state index in [0.717, 1.165) is 35.5 Å². The second kappa shape index (κ2) is 6.23. The molecule has 4 aliphatic rings. The number of hydrogen-bond donors (Lipinski definition) is 0. The van der Waals surface area contributed by atoms with Gasteiger partial charge in [0.2, 0.25) is 0 Å². The zero-order valence-electron chi connectivity index (χ0n) is 16.6. The van der Waals surface area contributed by atoms with Crippen molar-refractivity contribution in [2.45, 2.75) is 86.5 Å². The van der Waals surface area contributed by atoms with Gasteiger partial charge in [-0.05, 0) is 84.9 Å². The van der Waals surface area contributed by atoms with E-state index in [0.29, 0.717) is 10.8 Å². The minimum absolute atomic E-state index is 0.531. The van der Waals surface area contributed by atoms with Gasteiger partial charge in [-0.25, -0.2) is 0 Å². The van der Waals surface area contributed by atoms with Crippen molar-refractivity contribution in [3.05, 3.63) is 12.2 Å². The van der Waals surface area contributed by atoms with Crippen molar-refractivity contribution in [3.63, 3.8) is 0 Å². The molecule has 0 nitrogen and oxygen atoms in total. The summed E-state index contributed by atoms with van der Waals surface area (Å²) in [7, 11) is 0. The molecule has 4 bridgehead atoms. The first-order valence-corrected chi connectivity index (χ1v) is 10.3. The average molecular weight is 317 g/mol. The summed E-state index contributed by atoms with van der Waals surface area (Å²) in [5.41, 5.74) is 1.11. The normalized spacial score (nSPS) is 41.3. The van der Waals surface area contributed by atoms with Gasteiger partial charge >= 0.3 is 0 Å². The van der Waals surface area contributed by atoms with Crippen molar-refractivity contribution < 1.29 is 0 Å². The monoisotopic (exact) mass is 316 g/mol. The highest BCUT2D eigenvalue weighted by Gasteiger charge is 2.44. The predicted molar refractivity (Wildman–Crippen MR) is 101 cm³/mol. The standard InChI is InChI=1S/C12H20.C11H20/c1-12(2,3)8-11-7-9-4-5-10(11)6-9;1-11(2,3)10-7-8-4-5-9(10)6-8/h4-5,9-11H,6-8H2,1-3H3;8-10H,4-7H2,1-3H3. The summed E-state index contributed by atoms with van der Waals surface area (Å²) in [4.78, 5) is 0. The van der Waals surface area contributed by atoms with Crippen LogP contribution in [0.3, 0.4) is 0 Å². The molecule has 0 heterocycles. The van der Waals surface area contributed by atoms with Crippen LogP contribution in [-0.4, -0.2) is 0 Å². The molecule has 6 atom stereocenters. The van der Waals surface area contributed by atoms with E-state index < -0.39 is 0 Å². The van der Waals surface area contributed by atoms with E-state index in [1.54, 1.807) is 6.42 Å². The van der Waals surface area contributed by atoms with E-state index in [1.807, 2.05) is 0 Å². The zero-order chi connectivity index (χ0) is 16.8. The molecule has 4 rings (SSSR count). The summed E-state index contributed by atoms with van der Waals surface area (Å²) in [6, 6.07) is 0. The van der Waals surface area contributed by atoms with Crippen LogP contribution in [0.25, 0.3) is 0 Å². The molecule has 3 fully saturated rings. The molecular formula is C23H40. The van der Waals surface area contributed by atoms with Crippen LogP contribution in [0.15, 0.2) is 12.2 Å². The van der Waals surface area contributed by atoms with Gasteiger partial charge in [0.1, 0.15) is 0 Å². The Morgan fingerprint density at radius 1 is 0.826 bits per heavy atom. The molecular weight excluding hydrogens is 276 g/mol. The van der Waals surface area contributed by atoms with Crippen LogP contribution >= 0.6 is 0 Å².